The molecule has 0 radical (unpaired) electrons. The minimum absolute atomic E-state index is 0.116. The van der Waals surface area contributed by atoms with Crippen LogP contribution >= 0.6 is 0 Å². The lowest BCUT2D eigenvalue weighted by Gasteiger charge is -2.04. The van der Waals surface area contributed by atoms with Crippen molar-refractivity contribution in [2.24, 2.45) is 0 Å². The van der Waals surface area contributed by atoms with Crippen LogP contribution in [0.1, 0.15) is 26.4 Å². The third-order valence-corrected chi connectivity index (χ3v) is 4.08. The molecule has 8 heteroatoms. The smallest absolute Gasteiger partial charge is 0.291 e. The number of benzene rings is 2. The van der Waals surface area contributed by atoms with Gasteiger partial charge in [0.25, 0.3) is 11.8 Å². The number of nitrogens with one attached hydrogen (secondary N) is 3. The van der Waals surface area contributed by atoms with Crippen LogP contribution in [0.5, 0.6) is 0 Å². The minimum atomic E-state index is -0.539. The van der Waals surface area contributed by atoms with Gasteiger partial charge in [-0.15, -0.1) is 5.10 Å². The lowest BCUT2D eigenvalue weighted by atomic mass is 10.2. The number of rotatable bonds is 4. The van der Waals surface area contributed by atoms with E-state index in [1.165, 1.54) is 6.20 Å². The number of para-hydroxylation sites is 1. The Hall–Kier alpha value is -3.94. The molecule has 0 unspecified atom stereocenters. The molecule has 0 aliphatic carbocycles. The highest BCUT2D eigenvalue weighted by molar-refractivity contribution is 6.07. The Morgan fingerprint density at radius 1 is 0.963 bits per heavy atom. The number of hydrogen-bond donors (Lipinski definition) is 3. The normalized spacial score (nSPS) is 10.7. The number of aromatic nitrogens is 4. The standard InChI is InChI=1S/C19H16N6O2/c26-18(15-10-20-16-9-5-4-8-14(15)16)22-23-19(27)17-12-25(24-21-17)11-13-6-2-1-3-7-13/h1-10,12,20H,11H2,(H,22,26)(H,23,27). The first kappa shape index (κ1) is 16.5. The summed E-state index contributed by atoms with van der Waals surface area (Å²) in [6.45, 7) is 0.503. The summed E-state index contributed by atoms with van der Waals surface area (Å²) in [5.41, 5.74) is 7.21. The molecule has 8 nitrogen and oxygen atoms in total. The summed E-state index contributed by atoms with van der Waals surface area (Å²) in [5, 5.41) is 8.56. The maximum Gasteiger partial charge on any atom is 0.291 e. The van der Waals surface area contributed by atoms with Crippen LogP contribution < -0.4 is 10.9 Å². The summed E-state index contributed by atoms with van der Waals surface area (Å²) < 4.78 is 1.56. The lowest BCUT2D eigenvalue weighted by molar-refractivity contribution is 0.0844. The van der Waals surface area contributed by atoms with Gasteiger partial charge >= 0.3 is 0 Å². The summed E-state index contributed by atoms with van der Waals surface area (Å²) in [6, 6.07) is 17.1. The molecule has 2 amide bonds. The van der Waals surface area contributed by atoms with Crippen molar-refractivity contribution in [1.29, 1.82) is 0 Å². The van der Waals surface area contributed by atoms with Gasteiger partial charge in [0.2, 0.25) is 0 Å². The molecule has 2 aromatic heterocycles. The van der Waals surface area contributed by atoms with E-state index in [9.17, 15) is 9.59 Å². The van der Waals surface area contributed by atoms with E-state index >= 15 is 0 Å². The zero-order valence-corrected chi connectivity index (χ0v) is 14.2. The maximum absolute atomic E-state index is 12.3. The summed E-state index contributed by atoms with van der Waals surface area (Å²) in [5.74, 6) is -0.958. The van der Waals surface area contributed by atoms with Gasteiger partial charge in [-0.1, -0.05) is 53.7 Å². The molecule has 4 rings (SSSR count). The molecule has 0 fully saturated rings. The van der Waals surface area contributed by atoms with E-state index in [2.05, 4.69) is 26.1 Å². The van der Waals surface area contributed by atoms with Crippen molar-refractivity contribution in [3.63, 3.8) is 0 Å². The molecule has 0 atom stereocenters. The molecular formula is C19H16N6O2. The molecule has 4 aromatic rings. The van der Waals surface area contributed by atoms with E-state index in [4.69, 9.17) is 0 Å². The fourth-order valence-electron chi connectivity index (χ4n) is 2.75. The van der Waals surface area contributed by atoms with E-state index in [0.29, 0.717) is 12.1 Å². The van der Waals surface area contributed by atoms with Crippen LogP contribution in [0, 0.1) is 0 Å². The van der Waals surface area contributed by atoms with Gasteiger partial charge in [0.1, 0.15) is 0 Å². The largest absolute Gasteiger partial charge is 0.360 e. The van der Waals surface area contributed by atoms with Crippen LogP contribution in [0.15, 0.2) is 67.0 Å². The van der Waals surface area contributed by atoms with Crippen LogP contribution in [0.2, 0.25) is 0 Å². The number of nitrogens with zero attached hydrogens (tertiary/aromatic N) is 3. The highest BCUT2D eigenvalue weighted by Gasteiger charge is 2.15. The van der Waals surface area contributed by atoms with Crippen LogP contribution in [0.3, 0.4) is 0 Å². The first-order valence-electron chi connectivity index (χ1n) is 8.31. The second-order valence-corrected chi connectivity index (χ2v) is 5.94. The molecule has 2 aromatic carbocycles. The highest BCUT2D eigenvalue weighted by Crippen LogP contribution is 2.17. The van der Waals surface area contributed by atoms with Crippen molar-refractivity contribution in [3.8, 4) is 0 Å². The second kappa shape index (κ2) is 7.12. The highest BCUT2D eigenvalue weighted by atomic mass is 16.2. The fourth-order valence-corrected chi connectivity index (χ4v) is 2.75. The van der Waals surface area contributed by atoms with Crippen molar-refractivity contribution in [2.45, 2.75) is 6.54 Å². The number of carbonyl (C=O) groups is 2. The van der Waals surface area contributed by atoms with Gasteiger partial charge in [0, 0.05) is 17.1 Å². The molecule has 134 valence electrons. The zero-order chi connectivity index (χ0) is 18.6. The average molecular weight is 360 g/mol. The van der Waals surface area contributed by atoms with Gasteiger partial charge in [-0.05, 0) is 11.6 Å². The first-order valence-corrected chi connectivity index (χ1v) is 8.31. The summed E-state index contributed by atoms with van der Waals surface area (Å²) in [7, 11) is 0. The van der Waals surface area contributed by atoms with Gasteiger partial charge in [0.05, 0.1) is 18.3 Å². The first-order chi connectivity index (χ1) is 13.2. The molecule has 3 N–H and O–H groups in total. The summed E-state index contributed by atoms with van der Waals surface area (Å²) in [4.78, 5) is 27.5. The Morgan fingerprint density at radius 2 is 1.70 bits per heavy atom. The monoisotopic (exact) mass is 360 g/mol. The third kappa shape index (κ3) is 3.54. The summed E-state index contributed by atoms with van der Waals surface area (Å²) >= 11 is 0. The van der Waals surface area contributed by atoms with Crippen LogP contribution in [-0.4, -0.2) is 31.8 Å². The predicted molar refractivity (Wildman–Crippen MR) is 98.8 cm³/mol. The van der Waals surface area contributed by atoms with Crippen LogP contribution in [-0.2, 0) is 6.54 Å². The number of H-pyrrole nitrogens is 1. The van der Waals surface area contributed by atoms with Crippen LogP contribution in [0.4, 0.5) is 0 Å². The van der Waals surface area contributed by atoms with E-state index in [-0.39, 0.29) is 5.69 Å². The minimum Gasteiger partial charge on any atom is -0.360 e. The second-order valence-electron chi connectivity index (χ2n) is 5.94. The Labute approximate surface area is 154 Å². The number of carbonyl (C=O) groups excluding carboxylic acids is 2. The van der Waals surface area contributed by atoms with E-state index < -0.39 is 11.8 Å². The van der Waals surface area contributed by atoms with E-state index in [1.54, 1.807) is 10.9 Å². The van der Waals surface area contributed by atoms with Gasteiger partial charge in [-0.3, -0.25) is 20.4 Å². The molecule has 2 heterocycles. The Bertz CT molecular complexity index is 1100. The van der Waals surface area contributed by atoms with Gasteiger partial charge in [-0.2, -0.15) is 0 Å². The molecule has 0 aliphatic rings. The van der Waals surface area contributed by atoms with Crippen molar-refractivity contribution >= 4 is 22.7 Å². The molecule has 0 spiro atoms. The topological polar surface area (TPSA) is 105 Å². The van der Waals surface area contributed by atoms with Crippen molar-refractivity contribution in [1.82, 2.24) is 30.8 Å². The SMILES string of the molecule is O=C(NNC(=O)c1c[nH]c2ccccc12)c1cn(Cc2ccccc2)nn1. The van der Waals surface area contributed by atoms with Gasteiger partial charge in [0.15, 0.2) is 5.69 Å². The molecule has 27 heavy (non-hydrogen) atoms. The van der Waals surface area contributed by atoms with Crippen LogP contribution in [0.25, 0.3) is 10.9 Å². The van der Waals surface area contributed by atoms with E-state index in [1.807, 2.05) is 54.6 Å². The van der Waals surface area contributed by atoms with Gasteiger partial charge in [-0.25, -0.2) is 4.68 Å². The predicted octanol–water partition coefficient (Wildman–Crippen LogP) is 1.88. The molecule has 0 bridgehead atoms. The third-order valence-electron chi connectivity index (χ3n) is 4.08. The average Bonchev–Trinajstić information content (AvgIpc) is 3.34. The molecule has 0 aliphatic heterocycles. The number of fused-ring (bicyclic) bond motifs is 1. The Kier molecular flexibility index (Phi) is 4.36. The number of amides is 2. The Balaban J connectivity index is 1.39. The number of hydrazine groups is 1. The fraction of sp³-hybridized carbons (Fsp3) is 0.0526. The quantitative estimate of drug-likeness (QED) is 0.483. The van der Waals surface area contributed by atoms with Crippen molar-refractivity contribution in [2.75, 3.05) is 0 Å². The zero-order valence-electron chi connectivity index (χ0n) is 14.2. The molecular weight excluding hydrogens is 344 g/mol. The molecule has 0 saturated heterocycles. The number of aromatic amines is 1. The van der Waals surface area contributed by atoms with E-state index in [0.717, 1.165) is 16.5 Å². The maximum atomic E-state index is 12.3. The van der Waals surface area contributed by atoms with Crippen molar-refractivity contribution in [3.05, 3.63) is 83.8 Å². The molecule has 0 saturated carbocycles. The van der Waals surface area contributed by atoms with Gasteiger partial charge < -0.3 is 4.98 Å². The Morgan fingerprint density at radius 3 is 2.56 bits per heavy atom. The summed E-state index contributed by atoms with van der Waals surface area (Å²) in [6.07, 6.45) is 3.13. The van der Waals surface area contributed by atoms with Crippen molar-refractivity contribution < 1.29 is 9.59 Å². The lowest BCUT2D eigenvalue weighted by Crippen LogP contribution is -2.41. The number of hydrogen-bond acceptors (Lipinski definition) is 4.